The molecule has 0 bridgehead atoms. The highest BCUT2D eigenvalue weighted by Gasteiger charge is 2.20. The van der Waals surface area contributed by atoms with E-state index in [-0.39, 0.29) is 16.9 Å². The first kappa shape index (κ1) is 14.0. The first-order chi connectivity index (χ1) is 8.65. The maximum atomic E-state index is 14.2. The lowest BCUT2D eigenvalue weighted by atomic mass is 10.0. The molecule has 96 valence electrons. The van der Waals surface area contributed by atoms with Crippen molar-refractivity contribution in [2.75, 3.05) is 6.54 Å². The summed E-state index contributed by atoms with van der Waals surface area (Å²) >= 11 is 10.8. The molecule has 1 heterocycles. The van der Waals surface area contributed by atoms with Crippen LogP contribution in [0.4, 0.5) is 4.39 Å². The first-order valence-corrected chi connectivity index (χ1v) is 7.60. The van der Waals surface area contributed by atoms with Gasteiger partial charge in [-0.05, 0) is 40.0 Å². The Balaban J connectivity index is 2.47. The molecule has 0 aliphatic carbocycles. The molecule has 0 fully saturated rings. The molecule has 0 amide bonds. The van der Waals surface area contributed by atoms with E-state index < -0.39 is 0 Å². The second-order valence-electron chi connectivity index (χ2n) is 3.77. The average molecular weight is 349 g/mol. The van der Waals surface area contributed by atoms with E-state index in [1.807, 2.05) is 24.4 Å². The maximum absolute atomic E-state index is 14.2. The molecular weight excluding hydrogens is 337 g/mol. The van der Waals surface area contributed by atoms with Crippen molar-refractivity contribution in [1.82, 2.24) is 5.32 Å². The van der Waals surface area contributed by atoms with Gasteiger partial charge in [-0.3, -0.25) is 0 Å². The Morgan fingerprint density at radius 3 is 2.83 bits per heavy atom. The third-order valence-corrected chi connectivity index (χ3v) is 4.81. The summed E-state index contributed by atoms with van der Waals surface area (Å²) in [6.07, 6.45) is 0. The van der Waals surface area contributed by atoms with Gasteiger partial charge in [0, 0.05) is 14.9 Å². The largest absolute Gasteiger partial charge is 0.306 e. The Bertz CT molecular complexity index is 530. The van der Waals surface area contributed by atoms with Crippen molar-refractivity contribution in [3.05, 3.63) is 55.4 Å². The number of hydrogen-bond acceptors (Lipinski definition) is 2. The molecule has 1 nitrogen and oxygen atoms in total. The predicted molar refractivity (Wildman–Crippen MR) is 78.9 cm³/mol. The van der Waals surface area contributed by atoms with Crippen LogP contribution >= 0.6 is 38.9 Å². The quantitative estimate of drug-likeness (QED) is 0.767. The topological polar surface area (TPSA) is 12.0 Å². The number of nitrogens with one attached hydrogen (secondary N) is 1. The van der Waals surface area contributed by atoms with Gasteiger partial charge < -0.3 is 5.32 Å². The van der Waals surface area contributed by atoms with Crippen molar-refractivity contribution in [2.45, 2.75) is 13.0 Å². The van der Waals surface area contributed by atoms with E-state index in [0.29, 0.717) is 10.0 Å². The zero-order valence-electron chi connectivity index (χ0n) is 9.71. The van der Waals surface area contributed by atoms with E-state index in [1.165, 1.54) is 0 Å². The first-order valence-electron chi connectivity index (χ1n) is 5.55. The van der Waals surface area contributed by atoms with Crippen LogP contribution in [-0.2, 0) is 0 Å². The van der Waals surface area contributed by atoms with Gasteiger partial charge in [0.1, 0.15) is 5.82 Å². The van der Waals surface area contributed by atoms with Gasteiger partial charge in [0.05, 0.1) is 11.1 Å². The molecule has 1 atom stereocenters. The lowest BCUT2D eigenvalue weighted by Gasteiger charge is -2.18. The molecule has 2 aromatic rings. The standard InChI is InChI=1S/C13H12BrClFNS/c1-2-17-13(10-4-3-7-18-10)8-5-6-9(14)11(15)12(8)16/h3-7,13,17H,2H2,1H3. The third-order valence-electron chi connectivity index (χ3n) is 2.61. The van der Waals surface area contributed by atoms with Gasteiger partial charge in [-0.2, -0.15) is 0 Å². The third kappa shape index (κ3) is 2.77. The molecule has 0 saturated carbocycles. The maximum Gasteiger partial charge on any atom is 0.148 e. The van der Waals surface area contributed by atoms with Crippen LogP contribution < -0.4 is 5.32 Å². The molecule has 0 radical (unpaired) electrons. The number of hydrogen-bond donors (Lipinski definition) is 1. The van der Waals surface area contributed by atoms with Crippen molar-refractivity contribution >= 4 is 38.9 Å². The van der Waals surface area contributed by atoms with Gasteiger partial charge in [-0.1, -0.05) is 30.7 Å². The minimum Gasteiger partial charge on any atom is -0.306 e. The monoisotopic (exact) mass is 347 g/mol. The van der Waals surface area contributed by atoms with Crippen LogP contribution in [0.2, 0.25) is 5.02 Å². The molecule has 0 saturated heterocycles. The van der Waals surface area contributed by atoms with Crippen LogP contribution in [0.15, 0.2) is 34.1 Å². The Morgan fingerprint density at radius 2 is 2.22 bits per heavy atom. The van der Waals surface area contributed by atoms with Crippen LogP contribution in [0.25, 0.3) is 0 Å². The second kappa shape index (κ2) is 6.15. The Morgan fingerprint density at radius 1 is 1.44 bits per heavy atom. The molecular formula is C13H12BrClFNS. The van der Waals surface area contributed by atoms with Crippen LogP contribution in [0.5, 0.6) is 0 Å². The SMILES string of the molecule is CCNC(c1cccs1)c1ccc(Br)c(Cl)c1F. The second-order valence-corrected chi connectivity index (χ2v) is 5.98. The Kier molecular flexibility index (Phi) is 4.78. The summed E-state index contributed by atoms with van der Waals surface area (Å²) < 4.78 is 14.8. The zero-order valence-corrected chi connectivity index (χ0v) is 12.9. The molecule has 0 aliphatic rings. The lowest BCUT2D eigenvalue weighted by molar-refractivity contribution is 0.563. The van der Waals surface area contributed by atoms with Crippen molar-refractivity contribution in [3.8, 4) is 0 Å². The van der Waals surface area contributed by atoms with Gasteiger partial charge in [0.25, 0.3) is 0 Å². The number of rotatable bonds is 4. The van der Waals surface area contributed by atoms with Crippen LogP contribution in [0.3, 0.4) is 0 Å². The molecule has 1 aromatic heterocycles. The van der Waals surface area contributed by atoms with Crippen LogP contribution in [0.1, 0.15) is 23.4 Å². The molecule has 1 aromatic carbocycles. The highest BCUT2D eigenvalue weighted by Crippen LogP contribution is 2.34. The summed E-state index contributed by atoms with van der Waals surface area (Å²) in [6.45, 7) is 2.76. The molecule has 18 heavy (non-hydrogen) atoms. The minimum absolute atomic E-state index is 0.131. The Hall–Kier alpha value is -0.420. The van der Waals surface area contributed by atoms with Gasteiger partial charge in [-0.15, -0.1) is 11.3 Å². The van der Waals surface area contributed by atoms with E-state index in [9.17, 15) is 4.39 Å². The summed E-state index contributed by atoms with van der Waals surface area (Å²) in [4.78, 5) is 1.08. The predicted octanol–water partition coefficient (Wildman–Crippen LogP) is 5.00. The van der Waals surface area contributed by atoms with E-state index in [1.54, 1.807) is 23.5 Å². The van der Waals surface area contributed by atoms with Crippen molar-refractivity contribution < 1.29 is 4.39 Å². The van der Waals surface area contributed by atoms with Crippen LogP contribution in [0, 0.1) is 5.82 Å². The summed E-state index contributed by atoms with van der Waals surface area (Å²) in [7, 11) is 0. The van der Waals surface area contributed by atoms with Gasteiger partial charge in [0.2, 0.25) is 0 Å². The fourth-order valence-corrected chi connectivity index (χ4v) is 3.08. The van der Waals surface area contributed by atoms with Crippen LogP contribution in [-0.4, -0.2) is 6.54 Å². The van der Waals surface area contributed by atoms with Gasteiger partial charge in [-0.25, -0.2) is 4.39 Å². The van der Waals surface area contributed by atoms with E-state index >= 15 is 0 Å². The van der Waals surface area contributed by atoms with Gasteiger partial charge in [0.15, 0.2) is 0 Å². The van der Waals surface area contributed by atoms with E-state index in [0.717, 1.165) is 11.4 Å². The molecule has 1 unspecified atom stereocenters. The molecule has 0 aliphatic heterocycles. The highest BCUT2D eigenvalue weighted by molar-refractivity contribution is 9.10. The highest BCUT2D eigenvalue weighted by atomic mass is 79.9. The molecule has 5 heteroatoms. The summed E-state index contributed by atoms with van der Waals surface area (Å²) in [5.41, 5.74) is 0.576. The van der Waals surface area contributed by atoms with Crippen molar-refractivity contribution in [2.24, 2.45) is 0 Å². The zero-order chi connectivity index (χ0) is 13.1. The van der Waals surface area contributed by atoms with Crippen molar-refractivity contribution in [3.63, 3.8) is 0 Å². The number of benzene rings is 1. The fraction of sp³-hybridized carbons (Fsp3) is 0.231. The smallest absolute Gasteiger partial charge is 0.148 e. The summed E-state index contributed by atoms with van der Waals surface area (Å²) in [5, 5.41) is 5.40. The minimum atomic E-state index is -0.370. The lowest BCUT2D eigenvalue weighted by Crippen LogP contribution is -2.22. The Labute approximate surface area is 123 Å². The normalized spacial score (nSPS) is 12.7. The van der Waals surface area contributed by atoms with Crippen molar-refractivity contribution in [1.29, 1.82) is 0 Å². The molecule has 1 N–H and O–H groups in total. The summed E-state index contributed by atoms with van der Waals surface area (Å²) in [6, 6.07) is 7.34. The summed E-state index contributed by atoms with van der Waals surface area (Å²) in [5.74, 6) is -0.370. The van der Waals surface area contributed by atoms with E-state index in [4.69, 9.17) is 11.6 Å². The average Bonchev–Trinajstić information content (AvgIpc) is 2.88. The van der Waals surface area contributed by atoms with Gasteiger partial charge >= 0.3 is 0 Å². The fourth-order valence-electron chi connectivity index (χ4n) is 1.79. The number of thiophene rings is 1. The molecule has 2 rings (SSSR count). The van der Waals surface area contributed by atoms with E-state index in [2.05, 4.69) is 21.2 Å². The number of halogens is 3. The molecule has 0 spiro atoms.